The molecule has 0 saturated carbocycles. The molecule has 2 saturated heterocycles. The summed E-state index contributed by atoms with van der Waals surface area (Å²) in [5.74, 6) is -0.516. The lowest BCUT2D eigenvalue weighted by molar-refractivity contribution is -0.141. The van der Waals surface area contributed by atoms with Crippen molar-refractivity contribution in [2.45, 2.75) is 18.7 Å². The minimum absolute atomic E-state index is 0.0867. The van der Waals surface area contributed by atoms with Crippen molar-refractivity contribution in [3.63, 3.8) is 0 Å². The van der Waals surface area contributed by atoms with E-state index in [1.807, 2.05) is 0 Å². The van der Waals surface area contributed by atoms with Crippen molar-refractivity contribution in [3.8, 4) is 5.75 Å². The van der Waals surface area contributed by atoms with Gasteiger partial charge < -0.3 is 24.4 Å². The van der Waals surface area contributed by atoms with Gasteiger partial charge in [-0.3, -0.25) is 14.5 Å². The Morgan fingerprint density at radius 2 is 1.69 bits per heavy atom. The van der Waals surface area contributed by atoms with Gasteiger partial charge in [-0.15, -0.1) is 0 Å². The zero-order valence-electron chi connectivity index (χ0n) is 21.3. The predicted molar refractivity (Wildman–Crippen MR) is 140 cm³/mol. The van der Waals surface area contributed by atoms with Crippen LogP contribution in [0, 0.1) is 5.82 Å². The Morgan fingerprint density at radius 1 is 1.00 bits per heavy atom. The van der Waals surface area contributed by atoms with Gasteiger partial charge in [0.2, 0.25) is 5.91 Å². The molecule has 0 aromatic heterocycles. The van der Waals surface area contributed by atoms with Crippen LogP contribution in [0.1, 0.15) is 27.6 Å². The number of benzene rings is 3. The minimum atomic E-state index is -0.922. The molecule has 2 unspecified atom stereocenters. The van der Waals surface area contributed by atoms with Gasteiger partial charge in [-0.1, -0.05) is 36.4 Å². The molecule has 2 aliphatic rings. The van der Waals surface area contributed by atoms with Crippen LogP contribution >= 0.6 is 0 Å². The highest BCUT2D eigenvalue weighted by Crippen LogP contribution is 2.35. The fourth-order valence-corrected chi connectivity index (χ4v) is 4.74. The monoisotopic (exact) mass is 533 g/mol. The maximum absolute atomic E-state index is 13.7. The molecule has 202 valence electrons. The van der Waals surface area contributed by atoms with Crippen molar-refractivity contribution in [1.29, 1.82) is 0 Å². The second-order valence-electron chi connectivity index (χ2n) is 9.22. The summed E-state index contributed by atoms with van der Waals surface area (Å²) in [5.41, 5.74) is 2.19. The summed E-state index contributed by atoms with van der Waals surface area (Å²) in [5, 5.41) is 2.83. The highest BCUT2D eigenvalue weighted by atomic mass is 19.1. The molecule has 3 amide bonds. The van der Waals surface area contributed by atoms with Gasteiger partial charge in [-0.2, -0.15) is 0 Å². The third-order valence-electron chi connectivity index (χ3n) is 6.78. The number of cyclic esters (lactones) is 1. The van der Waals surface area contributed by atoms with Crippen LogP contribution in [0.3, 0.4) is 0 Å². The summed E-state index contributed by atoms with van der Waals surface area (Å²) in [6, 6.07) is 18.6. The normalized spacial score (nSPS) is 19.0. The van der Waals surface area contributed by atoms with Gasteiger partial charge in [0, 0.05) is 18.8 Å². The number of methoxy groups -OCH3 is 1. The number of morpholine rings is 1. The third-order valence-corrected chi connectivity index (χ3v) is 6.78. The fourth-order valence-electron chi connectivity index (χ4n) is 4.74. The van der Waals surface area contributed by atoms with Gasteiger partial charge in [-0.05, 0) is 47.5 Å². The molecule has 0 bridgehead atoms. The number of hydrogen-bond donors (Lipinski definition) is 1. The van der Waals surface area contributed by atoms with Crippen LogP contribution in [0.25, 0.3) is 0 Å². The number of anilines is 1. The zero-order chi connectivity index (χ0) is 27.4. The maximum atomic E-state index is 13.7. The Morgan fingerprint density at radius 3 is 2.38 bits per heavy atom. The molecule has 39 heavy (non-hydrogen) atoms. The SMILES string of the molecule is COc1ccccc1C(=O)Nc1ccc(C2OC(=O)N(Cc3ccc(F)cc3)C2C(=O)N2CCOCC2)cc1. The second-order valence-corrected chi connectivity index (χ2v) is 9.22. The van der Waals surface area contributed by atoms with Gasteiger partial charge >= 0.3 is 6.09 Å². The number of amides is 3. The molecule has 2 fully saturated rings. The number of carbonyl (C=O) groups excluding carboxylic acids is 3. The van der Waals surface area contributed by atoms with E-state index in [0.717, 1.165) is 0 Å². The summed E-state index contributed by atoms with van der Waals surface area (Å²) in [6.45, 7) is 1.74. The van der Waals surface area contributed by atoms with E-state index in [1.54, 1.807) is 65.6 Å². The zero-order valence-corrected chi connectivity index (χ0v) is 21.3. The number of para-hydroxylation sites is 1. The Kier molecular flexibility index (Phi) is 7.74. The highest BCUT2D eigenvalue weighted by Gasteiger charge is 2.48. The van der Waals surface area contributed by atoms with Crippen LogP contribution in [0.15, 0.2) is 72.8 Å². The maximum Gasteiger partial charge on any atom is 0.411 e. The molecule has 2 aliphatic heterocycles. The van der Waals surface area contributed by atoms with Crippen LogP contribution in [0.2, 0.25) is 0 Å². The molecule has 5 rings (SSSR count). The van der Waals surface area contributed by atoms with E-state index in [-0.39, 0.29) is 24.2 Å². The summed E-state index contributed by atoms with van der Waals surface area (Å²) >= 11 is 0. The number of hydrogen-bond acceptors (Lipinski definition) is 6. The van der Waals surface area contributed by atoms with Crippen molar-refractivity contribution in [1.82, 2.24) is 9.80 Å². The molecule has 9 nitrogen and oxygen atoms in total. The standard InChI is InChI=1S/C29H28FN3O6/c1-37-24-5-3-2-4-23(24)27(34)31-22-12-8-20(9-13-22)26-25(28(35)32-14-16-38-17-15-32)33(29(36)39-26)18-19-6-10-21(30)11-7-19/h2-13,25-26H,14-18H2,1H3,(H,31,34). The molecule has 10 heteroatoms. The lowest BCUT2D eigenvalue weighted by Crippen LogP contribution is -2.51. The number of rotatable bonds is 7. The van der Waals surface area contributed by atoms with Gasteiger partial charge in [0.1, 0.15) is 11.6 Å². The molecule has 0 spiro atoms. The topological polar surface area (TPSA) is 97.4 Å². The van der Waals surface area contributed by atoms with Crippen molar-refractivity contribution >= 4 is 23.6 Å². The van der Waals surface area contributed by atoms with E-state index >= 15 is 0 Å². The van der Waals surface area contributed by atoms with E-state index in [2.05, 4.69) is 5.32 Å². The highest BCUT2D eigenvalue weighted by molar-refractivity contribution is 6.06. The summed E-state index contributed by atoms with van der Waals surface area (Å²) in [7, 11) is 1.50. The molecule has 0 radical (unpaired) electrons. The number of nitrogens with one attached hydrogen (secondary N) is 1. The first kappa shape index (κ1) is 26.2. The number of halogens is 1. The fraction of sp³-hybridized carbons (Fsp3) is 0.276. The summed E-state index contributed by atoms with van der Waals surface area (Å²) in [6.07, 6.45) is -1.50. The van der Waals surface area contributed by atoms with E-state index in [4.69, 9.17) is 14.2 Å². The van der Waals surface area contributed by atoms with Crippen LogP contribution in [0.4, 0.5) is 14.9 Å². The summed E-state index contributed by atoms with van der Waals surface area (Å²) < 4.78 is 29.8. The molecule has 0 aliphatic carbocycles. The summed E-state index contributed by atoms with van der Waals surface area (Å²) in [4.78, 5) is 42.5. The van der Waals surface area contributed by atoms with E-state index < -0.39 is 18.2 Å². The molecule has 3 aromatic rings. The third kappa shape index (κ3) is 5.70. The Bertz CT molecular complexity index is 1340. The quantitative estimate of drug-likeness (QED) is 0.493. The largest absolute Gasteiger partial charge is 0.496 e. The predicted octanol–water partition coefficient (Wildman–Crippen LogP) is 4.01. The Balaban J connectivity index is 1.38. The van der Waals surface area contributed by atoms with Crippen molar-refractivity contribution < 1.29 is 33.0 Å². The molecule has 2 heterocycles. The number of carbonyl (C=O) groups is 3. The lowest BCUT2D eigenvalue weighted by atomic mass is 9.99. The van der Waals surface area contributed by atoms with Gasteiger partial charge in [-0.25, -0.2) is 9.18 Å². The van der Waals surface area contributed by atoms with Crippen LogP contribution < -0.4 is 10.1 Å². The first-order chi connectivity index (χ1) is 18.9. The van der Waals surface area contributed by atoms with Crippen LogP contribution in [-0.2, 0) is 20.8 Å². The smallest absolute Gasteiger partial charge is 0.411 e. The molecule has 2 atom stereocenters. The first-order valence-electron chi connectivity index (χ1n) is 12.6. The van der Waals surface area contributed by atoms with Crippen LogP contribution in [0.5, 0.6) is 5.75 Å². The minimum Gasteiger partial charge on any atom is -0.496 e. The van der Waals surface area contributed by atoms with Crippen molar-refractivity contribution in [2.24, 2.45) is 0 Å². The van der Waals surface area contributed by atoms with E-state index in [1.165, 1.54) is 24.1 Å². The lowest BCUT2D eigenvalue weighted by Gasteiger charge is -2.32. The van der Waals surface area contributed by atoms with E-state index in [0.29, 0.717) is 54.4 Å². The average molecular weight is 534 g/mol. The van der Waals surface area contributed by atoms with E-state index in [9.17, 15) is 18.8 Å². The average Bonchev–Trinajstić information content (AvgIpc) is 3.30. The Labute approximate surface area is 225 Å². The number of nitrogens with zero attached hydrogens (tertiary/aromatic N) is 2. The van der Waals surface area contributed by atoms with Gasteiger partial charge in [0.15, 0.2) is 12.1 Å². The van der Waals surface area contributed by atoms with Gasteiger partial charge in [0.05, 0.1) is 32.4 Å². The molecule has 3 aromatic carbocycles. The molecule has 1 N–H and O–H groups in total. The molecular formula is C29H28FN3O6. The second kappa shape index (κ2) is 11.5. The first-order valence-corrected chi connectivity index (χ1v) is 12.6. The van der Waals surface area contributed by atoms with Crippen molar-refractivity contribution in [2.75, 3.05) is 38.7 Å². The molecular weight excluding hydrogens is 505 g/mol. The Hall–Kier alpha value is -4.44. The number of ether oxygens (including phenoxy) is 3. The van der Waals surface area contributed by atoms with Gasteiger partial charge in [0.25, 0.3) is 5.91 Å². The van der Waals surface area contributed by atoms with Crippen LogP contribution in [-0.4, -0.2) is 67.2 Å². The van der Waals surface area contributed by atoms with Crippen molar-refractivity contribution in [3.05, 3.63) is 95.3 Å².